The number of nitrogens with zero attached hydrogens (tertiary/aromatic N) is 1. The zero-order valence-electron chi connectivity index (χ0n) is 25.5. The number of ketones is 1. The Hall–Kier alpha value is -4.06. The maximum absolute atomic E-state index is 13.7. The minimum Gasteiger partial charge on any atom is -0.507 e. The summed E-state index contributed by atoms with van der Waals surface area (Å²) in [7, 11) is 1.52. The van der Waals surface area contributed by atoms with Crippen molar-refractivity contribution < 1.29 is 24.2 Å². The van der Waals surface area contributed by atoms with E-state index in [2.05, 4.69) is 41.5 Å². The molecule has 1 aliphatic rings. The molecule has 6 heteroatoms. The van der Waals surface area contributed by atoms with Crippen LogP contribution in [0.5, 0.6) is 11.5 Å². The molecule has 1 fully saturated rings. The van der Waals surface area contributed by atoms with Crippen LogP contribution in [0, 0.1) is 0 Å². The molecular weight excluding hydrogens is 514 g/mol. The molecule has 6 nitrogen and oxygen atoms in total. The highest BCUT2D eigenvalue weighted by Gasteiger charge is 2.47. The van der Waals surface area contributed by atoms with E-state index in [9.17, 15) is 14.7 Å². The van der Waals surface area contributed by atoms with Crippen LogP contribution in [0.15, 0.2) is 72.3 Å². The highest BCUT2D eigenvalue weighted by atomic mass is 16.5. The third-order valence-corrected chi connectivity index (χ3v) is 7.34. The van der Waals surface area contributed by atoms with Crippen LogP contribution < -0.4 is 14.4 Å². The van der Waals surface area contributed by atoms with Crippen molar-refractivity contribution in [2.24, 2.45) is 0 Å². The van der Waals surface area contributed by atoms with Gasteiger partial charge >= 0.3 is 0 Å². The summed E-state index contributed by atoms with van der Waals surface area (Å²) in [5.41, 5.74) is 3.39. The Morgan fingerprint density at radius 3 is 1.90 bits per heavy atom. The van der Waals surface area contributed by atoms with Crippen LogP contribution >= 0.6 is 0 Å². The van der Waals surface area contributed by atoms with E-state index >= 15 is 0 Å². The number of hydrogen-bond acceptors (Lipinski definition) is 5. The zero-order valence-corrected chi connectivity index (χ0v) is 25.5. The summed E-state index contributed by atoms with van der Waals surface area (Å²) in [5.74, 6) is -0.635. The van der Waals surface area contributed by atoms with Crippen LogP contribution in [0.2, 0.25) is 0 Å². The predicted molar refractivity (Wildman–Crippen MR) is 164 cm³/mol. The second-order valence-corrected chi connectivity index (χ2v) is 12.9. The van der Waals surface area contributed by atoms with Gasteiger partial charge in [-0.05, 0) is 77.8 Å². The number of rotatable bonds is 6. The van der Waals surface area contributed by atoms with E-state index in [1.54, 1.807) is 6.07 Å². The van der Waals surface area contributed by atoms with E-state index in [4.69, 9.17) is 9.47 Å². The Labute approximate surface area is 243 Å². The first-order valence-electron chi connectivity index (χ1n) is 14.0. The van der Waals surface area contributed by atoms with Crippen molar-refractivity contribution in [1.29, 1.82) is 0 Å². The molecule has 41 heavy (non-hydrogen) atoms. The monoisotopic (exact) mass is 555 g/mol. The van der Waals surface area contributed by atoms with Crippen LogP contribution in [-0.4, -0.2) is 30.0 Å². The van der Waals surface area contributed by atoms with Gasteiger partial charge in [-0.15, -0.1) is 0 Å². The van der Waals surface area contributed by atoms with Gasteiger partial charge in [-0.25, -0.2) is 0 Å². The Balaban J connectivity index is 1.94. The summed E-state index contributed by atoms with van der Waals surface area (Å²) < 4.78 is 11.4. The van der Waals surface area contributed by atoms with Gasteiger partial charge in [0.2, 0.25) is 0 Å². The zero-order chi connectivity index (χ0) is 30.3. The first-order valence-corrected chi connectivity index (χ1v) is 14.0. The second kappa shape index (κ2) is 11.1. The van der Waals surface area contributed by atoms with Gasteiger partial charge in [-0.1, -0.05) is 71.9 Å². The molecule has 1 unspecified atom stereocenters. The smallest absolute Gasteiger partial charge is 0.300 e. The molecule has 1 aliphatic heterocycles. The molecule has 0 saturated carbocycles. The van der Waals surface area contributed by atoms with E-state index in [0.29, 0.717) is 28.3 Å². The normalized spacial score (nSPS) is 17.3. The molecule has 3 aromatic carbocycles. The lowest BCUT2D eigenvalue weighted by atomic mass is 9.85. The fourth-order valence-corrected chi connectivity index (χ4v) is 5.04. The summed E-state index contributed by atoms with van der Waals surface area (Å²) >= 11 is 0. The van der Waals surface area contributed by atoms with E-state index in [-0.39, 0.29) is 28.3 Å². The predicted octanol–water partition coefficient (Wildman–Crippen LogP) is 7.70. The van der Waals surface area contributed by atoms with Gasteiger partial charge in [0.15, 0.2) is 0 Å². The Morgan fingerprint density at radius 2 is 1.39 bits per heavy atom. The van der Waals surface area contributed by atoms with Gasteiger partial charge in [0.25, 0.3) is 11.7 Å². The number of amides is 1. The average molecular weight is 556 g/mol. The molecule has 216 valence electrons. The lowest BCUT2D eigenvalue weighted by molar-refractivity contribution is -0.132. The van der Waals surface area contributed by atoms with Crippen LogP contribution in [0.4, 0.5) is 5.69 Å². The third kappa shape index (κ3) is 6.02. The summed E-state index contributed by atoms with van der Waals surface area (Å²) in [6, 6.07) is 19.7. The second-order valence-electron chi connectivity index (χ2n) is 12.9. The lowest BCUT2D eigenvalue weighted by Gasteiger charge is -2.27. The minimum atomic E-state index is -0.855. The average Bonchev–Trinajstić information content (AvgIpc) is 3.17. The maximum atomic E-state index is 13.7. The first kappa shape index (κ1) is 29.9. The first-order chi connectivity index (χ1) is 19.1. The fraction of sp³-hybridized carbons (Fsp3) is 0.371. The number of benzene rings is 3. The van der Waals surface area contributed by atoms with E-state index < -0.39 is 17.7 Å². The van der Waals surface area contributed by atoms with Gasteiger partial charge in [0.05, 0.1) is 30.4 Å². The third-order valence-electron chi connectivity index (χ3n) is 7.34. The molecule has 0 bridgehead atoms. The van der Waals surface area contributed by atoms with Gasteiger partial charge in [-0.3, -0.25) is 14.5 Å². The number of ether oxygens (including phenoxy) is 2. The molecule has 0 radical (unpaired) electrons. The number of carbonyl (C=O) groups excluding carboxylic acids is 2. The van der Waals surface area contributed by atoms with Gasteiger partial charge in [0, 0.05) is 5.69 Å². The van der Waals surface area contributed by atoms with Gasteiger partial charge in [-0.2, -0.15) is 0 Å². The van der Waals surface area contributed by atoms with Crippen LogP contribution in [0.1, 0.15) is 83.7 Å². The van der Waals surface area contributed by atoms with Crippen molar-refractivity contribution in [3.8, 4) is 11.5 Å². The van der Waals surface area contributed by atoms with Gasteiger partial charge < -0.3 is 14.6 Å². The molecule has 4 rings (SSSR count). The number of hydrogen-bond donors (Lipinski definition) is 1. The van der Waals surface area contributed by atoms with Crippen molar-refractivity contribution >= 4 is 23.1 Å². The maximum Gasteiger partial charge on any atom is 0.300 e. The Kier molecular flexibility index (Phi) is 8.08. The van der Waals surface area contributed by atoms with Crippen LogP contribution in [0.25, 0.3) is 5.76 Å². The molecule has 3 aromatic rings. The molecule has 1 amide bonds. The molecule has 0 spiro atoms. The van der Waals surface area contributed by atoms with Crippen molar-refractivity contribution in [3.05, 3.63) is 94.6 Å². The lowest BCUT2D eigenvalue weighted by Crippen LogP contribution is -2.29. The topological polar surface area (TPSA) is 76.1 Å². The SMILES string of the molecule is COc1ccc(C(C)(C)C)cc1/C(O)=C1\C(=O)C(=O)N(c2ccc(C(C)(C)C)cc2)C1c1ccc(OC(C)C)cc1. The highest BCUT2D eigenvalue weighted by molar-refractivity contribution is 6.51. The fourth-order valence-electron chi connectivity index (χ4n) is 5.04. The number of aliphatic hydroxyl groups excluding tert-OH is 1. The molecule has 1 heterocycles. The van der Waals surface area contributed by atoms with Crippen LogP contribution in [-0.2, 0) is 20.4 Å². The Morgan fingerprint density at radius 1 is 0.829 bits per heavy atom. The summed E-state index contributed by atoms with van der Waals surface area (Å²) in [6.45, 7) is 16.5. The summed E-state index contributed by atoms with van der Waals surface area (Å²) in [5, 5.41) is 11.8. The van der Waals surface area contributed by atoms with Crippen molar-refractivity contribution in [2.75, 3.05) is 12.0 Å². The van der Waals surface area contributed by atoms with Crippen molar-refractivity contribution in [3.63, 3.8) is 0 Å². The van der Waals surface area contributed by atoms with E-state index in [0.717, 1.165) is 11.1 Å². The molecule has 0 aromatic heterocycles. The molecule has 1 atom stereocenters. The molecule has 1 N–H and O–H groups in total. The number of carbonyl (C=O) groups is 2. The van der Waals surface area contributed by atoms with Crippen molar-refractivity contribution in [2.45, 2.75) is 78.4 Å². The number of methoxy groups -OCH3 is 1. The molecule has 0 aliphatic carbocycles. The summed E-state index contributed by atoms with van der Waals surface area (Å²) in [6.07, 6.45) is -0.00428. The number of Topliss-reactive ketones (excluding diaryl/α,β-unsaturated/α-hetero) is 1. The van der Waals surface area contributed by atoms with Crippen molar-refractivity contribution in [1.82, 2.24) is 0 Å². The quantitative estimate of drug-likeness (QED) is 0.192. The molecular formula is C35H41NO5. The molecule has 1 saturated heterocycles. The summed E-state index contributed by atoms with van der Waals surface area (Å²) in [4.78, 5) is 28.9. The van der Waals surface area contributed by atoms with E-state index in [1.807, 2.05) is 74.5 Å². The van der Waals surface area contributed by atoms with E-state index in [1.165, 1.54) is 12.0 Å². The highest BCUT2D eigenvalue weighted by Crippen LogP contribution is 2.44. The number of aliphatic hydroxyl groups is 1. The minimum absolute atomic E-state index is 0.00428. The Bertz CT molecular complexity index is 1470. The van der Waals surface area contributed by atoms with Crippen LogP contribution in [0.3, 0.4) is 0 Å². The number of anilines is 1. The largest absolute Gasteiger partial charge is 0.507 e. The van der Waals surface area contributed by atoms with Gasteiger partial charge in [0.1, 0.15) is 17.3 Å². The standard InChI is InChI=1S/C35H41NO5/c1-21(2)41-26-17-10-22(11-18-26)30-29(31(37)27-20-24(35(6,7)8)14-19-28(27)40-9)32(38)33(39)36(30)25-15-12-23(13-16-25)34(3,4)5/h10-21,30,37H,1-9H3/b31-29+.